The molecule has 20 heavy (non-hydrogen) atoms. The molecule has 2 aromatic carbocycles. The summed E-state index contributed by atoms with van der Waals surface area (Å²) in [5.74, 6) is -0.797. The topological polar surface area (TPSA) is 37.3 Å². The van der Waals surface area contributed by atoms with Crippen molar-refractivity contribution in [2.24, 2.45) is 0 Å². The normalized spacial score (nSPS) is 13.7. The molecule has 0 fully saturated rings. The summed E-state index contributed by atoms with van der Waals surface area (Å²) in [5, 5.41) is 8.84. The number of alkyl halides is 1. The van der Waals surface area contributed by atoms with E-state index in [0.717, 1.165) is 5.56 Å². The van der Waals surface area contributed by atoms with Gasteiger partial charge in [0, 0.05) is 0 Å². The summed E-state index contributed by atoms with van der Waals surface area (Å²) in [6.07, 6.45) is 0.0952. The third-order valence-corrected chi connectivity index (χ3v) is 6.44. The van der Waals surface area contributed by atoms with Crippen LogP contribution < -0.4 is 4.46 Å². The van der Waals surface area contributed by atoms with Crippen molar-refractivity contribution in [2.75, 3.05) is 0 Å². The van der Waals surface area contributed by atoms with Gasteiger partial charge in [0.25, 0.3) is 0 Å². The second-order valence-electron chi connectivity index (χ2n) is 4.38. The van der Waals surface area contributed by atoms with Gasteiger partial charge in [0.15, 0.2) is 0 Å². The van der Waals surface area contributed by atoms with Crippen molar-refractivity contribution >= 4 is 37.0 Å². The van der Waals surface area contributed by atoms with Gasteiger partial charge in [0.05, 0.1) is 0 Å². The van der Waals surface area contributed by atoms with Crippen LogP contribution in [0.2, 0.25) is 4.82 Å². The Hall–Kier alpha value is -1.28. The van der Waals surface area contributed by atoms with E-state index in [9.17, 15) is 4.79 Å². The van der Waals surface area contributed by atoms with Crippen LogP contribution in [0.25, 0.3) is 0 Å². The average Bonchev–Trinajstić information content (AvgIpc) is 2.47. The van der Waals surface area contributed by atoms with Gasteiger partial charge in [-0.25, -0.2) is 0 Å². The summed E-state index contributed by atoms with van der Waals surface area (Å²) in [7, 11) is 0. The molecule has 0 bridgehead atoms. The van der Waals surface area contributed by atoms with E-state index >= 15 is 0 Å². The van der Waals surface area contributed by atoms with Crippen molar-refractivity contribution in [3.05, 3.63) is 66.2 Å². The van der Waals surface area contributed by atoms with Gasteiger partial charge in [-0.15, -0.1) is 0 Å². The van der Waals surface area contributed by atoms with Gasteiger partial charge >= 0.3 is 130 Å². The standard InChI is InChI=1S/C16H15ClO2Se/c17-16(12-7-3-1-4-8-12)14(11-15(18)19)20-13-9-5-2-6-10-13/h1-10,14,16H,11H2,(H,18,19)/t14-,16+/m1/s1. The molecular weight excluding hydrogens is 339 g/mol. The van der Waals surface area contributed by atoms with Crippen molar-refractivity contribution in [1.82, 2.24) is 0 Å². The predicted molar refractivity (Wildman–Crippen MR) is 82.9 cm³/mol. The molecule has 0 amide bonds. The van der Waals surface area contributed by atoms with Gasteiger partial charge in [-0.3, -0.25) is 0 Å². The Bertz CT molecular complexity index is 545. The Morgan fingerprint density at radius 2 is 1.60 bits per heavy atom. The molecule has 2 rings (SSSR count). The van der Waals surface area contributed by atoms with Crippen LogP contribution in [0.1, 0.15) is 17.4 Å². The van der Waals surface area contributed by atoms with Crippen molar-refractivity contribution in [1.29, 1.82) is 0 Å². The van der Waals surface area contributed by atoms with Crippen LogP contribution in [0.4, 0.5) is 0 Å². The molecule has 0 heterocycles. The summed E-state index contributed by atoms with van der Waals surface area (Å²) < 4.78 is 1.17. The van der Waals surface area contributed by atoms with Crippen molar-refractivity contribution in [2.45, 2.75) is 16.6 Å². The maximum atomic E-state index is 11.1. The number of aliphatic carboxylic acids is 1. The molecule has 4 heteroatoms. The first-order chi connectivity index (χ1) is 9.66. The molecule has 0 aromatic heterocycles. The van der Waals surface area contributed by atoms with Gasteiger partial charge in [-0.05, 0) is 0 Å². The van der Waals surface area contributed by atoms with Gasteiger partial charge < -0.3 is 0 Å². The monoisotopic (exact) mass is 354 g/mol. The summed E-state index contributed by atoms with van der Waals surface area (Å²) >= 11 is 6.55. The van der Waals surface area contributed by atoms with E-state index in [2.05, 4.69) is 0 Å². The summed E-state index contributed by atoms with van der Waals surface area (Å²) in [5.41, 5.74) is 0.984. The first-order valence-electron chi connectivity index (χ1n) is 6.29. The number of hydrogen-bond donors (Lipinski definition) is 1. The summed E-state index contributed by atoms with van der Waals surface area (Å²) in [6, 6.07) is 19.7. The van der Waals surface area contributed by atoms with Crippen LogP contribution in [-0.4, -0.2) is 26.0 Å². The Labute approximate surface area is 129 Å². The second-order valence-corrected chi connectivity index (χ2v) is 7.60. The molecule has 2 nitrogen and oxygen atoms in total. The number of benzene rings is 2. The molecule has 104 valence electrons. The minimum absolute atomic E-state index is 0.0297. The zero-order chi connectivity index (χ0) is 14.4. The van der Waals surface area contributed by atoms with Gasteiger partial charge in [-0.2, -0.15) is 0 Å². The molecule has 0 unspecified atom stereocenters. The molecule has 2 atom stereocenters. The number of carboxylic acid groups (broad SMARTS) is 1. The van der Waals surface area contributed by atoms with Crippen LogP contribution in [0.15, 0.2) is 60.7 Å². The van der Waals surface area contributed by atoms with E-state index in [1.807, 2.05) is 60.7 Å². The molecule has 1 N–H and O–H groups in total. The molecule has 0 saturated carbocycles. The van der Waals surface area contributed by atoms with E-state index in [1.165, 1.54) is 4.46 Å². The fourth-order valence-electron chi connectivity index (χ4n) is 1.90. The molecular formula is C16H15ClO2Se. The Morgan fingerprint density at radius 3 is 2.15 bits per heavy atom. The van der Waals surface area contributed by atoms with Gasteiger partial charge in [-0.1, -0.05) is 0 Å². The van der Waals surface area contributed by atoms with E-state index in [0.29, 0.717) is 0 Å². The Balaban J connectivity index is 2.17. The number of hydrogen-bond acceptors (Lipinski definition) is 1. The molecule has 0 saturated heterocycles. The van der Waals surface area contributed by atoms with Gasteiger partial charge in [0.1, 0.15) is 0 Å². The quantitative estimate of drug-likeness (QED) is 0.639. The number of carbonyl (C=O) groups is 1. The number of halogens is 1. The molecule has 2 aromatic rings. The van der Waals surface area contributed by atoms with Gasteiger partial charge in [0.2, 0.25) is 0 Å². The second kappa shape index (κ2) is 7.49. The maximum absolute atomic E-state index is 11.1. The average molecular weight is 354 g/mol. The third-order valence-electron chi connectivity index (χ3n) is 2.85. The zero-order valence-electron chi connectivity index (χ0n) is 10.8. The van der Waals surface area contributed by atoms with Crippen LogP contribution in [-0.2, 0) is 4.79 Å². The molecule has 0 radical (unpaired) electrons. The van der Waals surface area contributed by atoms with Crippen molar-refractivity contribution < 1.29 is 9.90 Å². The van der Waals surface area contributed by atoms with Crippen molar-refractivity contribution in [3.8, 4) is 0 Å². The third kappa shape index (κ3) is 4.38. The number of carboxylic acids is 1. The summed E-state index contributed by atoms with van der Waals surface area (Å²) in [6.45, 7) is 0. The molecule has 0 aliphatic rings. The predicted octanol–water partition coefficient (Wildman–Crippen LogP) is 3.26. The zero-order valence-corrected chi connectivity index (χ0v) is 13.2. The van der Waals surface area contributed by atoms with Crippen LogP contribution >= 0.6 is 11.6 Å². The van der Waals surface area contributed by atoms with Crippen LogP contribution in [0.5, 0.6) is 0 Å². The van der Waals surface area contributed by atoms with Crippen molar-refractivity contribution in [3.63, 3.8) is 0 Å². The van der Waals surface area contributed by atoms with Crippen LogP contribution in [0.3, 0.4) is 0 Å². The fourth-order valence-corrected chi connectivity index (χ4v) is 4.85. The molecule has 0 aliphatic heterocycles. The number of rotatable bonds is 6. The van der Waals surface area contributed by atoms with E-state index in [-0.39, 0.29) is 31.6 Å². The first kappa shape index (κ1) is 15.1. The van der Waals surface area contributed by atoms with E-state index in [4.69, 9.17) is 16.7 Å². The van der Waals surface area contributed by atoms with Crippen LogP contribution in [0, 0.1) is 0 Å². The molecule has 0 aliphatic carbocycles. The Kier molecular flexibility index (Phi) is 5.66. The fraction of sp³-hybridized carbons (Fsp3) is 0.188. The first-order valence-corrected chi connectivity index (χ1v) is 8.57. The summed E-state index contributed by atoms with van der Waals surface area (Å²) in [4.78, 5) is 11.0. The SMILES string of the molecule is O=C(O)C[C@@H]([Se]c1ccccc1)[C@@H](Cl)c1ccccc1. The van der Waals surface area contributed by atoms with E-state index in [1.54, 1.807) is 0 Å². The Morgan fingerprint density at radius 1 is 1.05 bits per heavy atom. The van der Waals surface area contributed by atoms with E-state index < -0.39 is 5.97 Å². The molecule has 0 spiro atoms. The minimum atomic E-state index is -0.797.